The fourth-order valence-corrected chi connectivity index (χ4v) is 4.43. The van der Waals surface area contributed by atoms with E-state index < -0.39 is 0 Å². The van der Waals surface area contributed by atoms with Crippen LogP contribution in [0.15, 0.2) is 35.3 Å². The van der Waals surface area contributed by atoms with Crippen molar-refractivity contribution in [3.63, 3.8) is 0 Å². The Labute approximate surface area is 183 Å². The number of carbonyl (C=O) groups excluding carboxylic acids is 2. The molecule has 1 aliphatic heterocycles. The van der Waals surface area contributed by atoms with Crippen molar-refractivity contribution in [2.45, 2.75) is 33.7 Å². The summed E-state index contributed by atoms with van der Waals surface area (Å²) in [7, 11) is 0. The zero-order chi connectivity index (χ0) is 22.0. The van der Waals surface area contributed by atoms with Crippen LogP contribution in [0.4, 0.5) is 0 Å². The van der Waals surface area contributed by atoms with Gasteiger partial charge >= 0.3 is 5.97 Å². The fraction of sp³-hybridized carbons (Fsp3) is 0.348. The summed E-state index contributed by atoms with van der Waals surface area (Å²) in [5, 5.41) is 0. The summed E-state index contributed by atoms with van der Waals surface area (Å²) >= 11 is 1.38. The third kappa shape index (κ3) is 4.49. The molecule has 0 atom stereocenters. The molecule has 7 nitrogen and oxygen atoms in total. The van der Waals surface area contributed by atoms with Gasteiger partial charge in [-0.1, -0.05) is 17.4 Å². The molecule has 0 saturated carbocycles. The molecule has 162 valence electrons. The van der Waals surface area contributed by atoms with Crippen molar-refractivity contribution in [1.29, 1.82) is 0 Å². The second-order valence-corrected chi connectivity index (χ2v) is 8.28. The second-order valence-electron chi connectivity index (χ2n) is 7.27. The molecule has 0 spiro atoms. The van der Waals surface area contributed by atoms with E-state index in [1.54, 1.807) is 13.0 Å². The third-order valence-corrected chi connectivity index (χ3v) is 6.18. The quantitative estimate of drug-likeness (QED) is 0.564. The highest BCUT2D eigenvalue weighted by Gasteiger charge is 2.18. The lowest BCUT2D eigenvalue weighted by atomic mass is 10.1. The highest BCUT2D eigenvalue weighted by molar-refractivity contribution is 7.16. The number of ether oxygens (including phenoxy) is 3. The van der Waals surface area contributed by atoms with Crippen molar-refractivity contribution in [1.82, 2.24) is 4.57 Å². The number of hydrogen-bond donors (Lipinski definition) is 0. The first-order valence-corrected chi connectivity index (χ1v) is 11.0. The molecular weight excluding hydrogens is 416 g/mol. The Morgan fingerprint density at radius 3 is 2.55 bits per heavy atom. The first-order chi connectivity index (χ1) is 15.0. The van der Waals surface area contributed by atoms with Gasteiger partial charge in [0, 0.05) is 24.2 Å². The number of benzene rings is 2. The largest absolute Gasteiger partial charge is 0.486 e. The van der Waals surface area contributed by atoms with Gasteiger partial charge in [-0.15, -0.1) is 0 Å². The van der Waals surface area contributed by atoms with Crippen molar-refractivity contribution < 1.29 is 23.8 Å². The Kier molecular flexibility index (Phi) is 6.08. The second kappa shape index (κ2) is 8.93. The number of esters is 1. The molecule has 8 heteroatoms. The number of nitrogens with zero attached hydrogens (tertiary/aromatic N) is 2. The van der Waals surface area contributed by atoms with E-state index in [9.17, 15) is 9.59 Å². The lowest BCUT2D eigenvalue weighted by Gasteiger charge is -2.18. The predicted molar refractivity (Wildman–Crippen MR) is 118 cm³/mol. The van der Waals surface area contributed by atoms with Crippen LogP contribution < -0.4 is 14.3 Å². The molecule has 1 aromatic heterocycles. The molecule has 0 unspecified atom stereocenters. The molecule has 0 saturated heterocycles. The molecule has 1 aliphatic rings. The average molecular weight is 441 g/mol. The first-order valence-electron chi connectivity index (χ1n) is 10.2. The summed E-state index contributed by atoms with van der Waals surface area (Å²) in [6.45, 7) is 7.39. The van der Waals surface area contributed by atoms with Crippen LogP contribution in [-0.2, 0) is 16.1 Å². The minimum Gasteiger partial charge on any atom is -0.486 e. The predicted octanol–water partition coefficient (Wildman–Crippen LogP) is 3.79. The summed E-state index contributed by atoms with van der Waals surface area (Å²) in [5.41, 5.74) is 3.52. The van der Waals surface area contributed by atoms with Crippen molar-refractivity contribution in [3.05, 3.63) is 51.8 Å². The average Bonchev–Trinajstić information content (AvgIpc) is 3.08. The molecule has 4 rings (SSSR count). The van der Waals surface area contributed by atoms with Crippen LogP contribution >= 0.6 is 11.3 Å². The summed E-state index contributed by atoms with van der Waals surface area (Å²) in [6, 6.07) is 9.32. The highest BCUT2D eigenvalue weighted by atomic mass is 32.1. The van der Waals surface area contributed by atoms with Crippen molar-refractivity contribution in [3.8, 4) is 11.5 Å². The van der Waals surface area contributed by atoms with Gasteiger partial charge in [0.25, 0.3) is 5.91 Å². The summed E-state index contributed by atoms with van der Waals surface area (Å²) < 4.78 is 19.2. The Balaban J connectivity index is 1.78. The number of amides is 1. The lowest BCUT2D eigenvalue weighted by molar-refractivity contribution is -0.143. The number of hydrogen-bond acceptors (Lipinski definition) is 6. The molecule has 2 aromatic carbocycles. The molecule has 0 aliphatic carbocycles. The molecule has 0 radical (unpaired) electrons. The van der Waals surface area contributed by atoms with Gasteiger partial charge in [0.05, 0.1) is 23.2 Å². The van der Waals surface area contributed by atoms with Gasteiger partial charge in [0.2, 0.25) is 0 Å². The van der Waals surface area contributed by atoms with Crippen molar-refractivity contribution in [2.75, 3.05) is 19.8 Å². The van der Waals surface area contributed by atoms with Crippen molar-refractivity contribution in [2.24, 2.45) is 4.99 Å². The molecule has 31 heavy (non-hydrogen) atoms. The fourth-order valence-electron chi connectivity index (χ4n) is 3.37. The van der Waals surface area contributed by atoms with Gasteiger partial charge in [-0.05, 0) is 44.0 Å². The van der Waals surface area contributed by atoms with Crippen LogP contribution in [0.25, 0.3) is 10.2 Å². The van der Waals surface area contributed by atoms with Crippen LogP contribution in [0, 0.1) is 13.8 Å². The monoisotopic (exact) mass is 440 g/mol. The van der Waals surface area contributed by atoms with E-state index in [0.717, 1.165) is 21.3 Å². The summed E-state index contributed by atoms with van der Waals surface area (Å²) in [5.74, 6) is 0.702. The molecule has 0 fully saturated rings. The smallest absolute Gasteiger partial charge is 0.307 e. The maximum atomic E-state index is 12.9. The maximum absolute atomic E-state index is 12.9. The minimum atomic E-state index is -0.322. The van der Waals surface area contributed by atoms with Gasteiger partial charge in [0.15, 0.2) is 16.3 Å². The van der Waals surface area contributed by atoms with E-state index in [-0.39, 0.29) is 18.3 Å². The topological polar surface area (TPSA) is 79.1 Å². The Morgan fingerprint density at radius 1 is 1.10 bits per heavy atom. The number of carbonyl (C=O) groups is 2. The van der Waals surface area contributed by atoms with E-state index in [2.05, 4.69) is 4.99 Å². The minimum absolute atomic E-state index is 0.180. The highest BCUT2D eigenvalue weighted by Crippen LogP contribution is 2.35. The van der Waals surface area contributed by atoms with Gasteiger partial charge < -0.3 is 18.8 Å². The van der Waals surface area contributed by atoms with Crippen LogP contribution in [0.1, 0.15) is 34.8 Å². The third-order valence-electron chi connectivity index (χ3n) is 5.14. The van der Waals surface area contributed by atoms with E-state index in [1.165, 1.54) is 11.3 Å². The number of aryl methyl sites for hydroxylation is 3. The number of fused-ring (bicyclic) bond motifs is 2. The molecular formula is C23H24N2O5S. The number of thiazole rings is 1. The Morgan fingerprint density at radius 2 is 1.84 bits per heavy atom. The van der Waals surface area contributed by atoms with E-state index in [1.807, 2.05) is 42.7 Å². The SMILES string of the molecule is CCOC(=O)CCn1c(=NC(=O)c2ccc(C)c(C)c2)sc2cc3c(cc21)OCCO3. The first kappa shape index (κ1) is 21.1. The molecule has 0 bridgehead atoms. The standard InChI is InChI=1S/C23H24N2O5S/c1-4-28-21(26)7-8-25-17-12-18-19(30-10-9-29-18)13-20(17)31-23(25)24-22(27)16-6-5-14(2)15(3)11-16/h5-6,11-13H,4,7-10H2,1-3H3. The normalized spacial score (nSPS) is 13.5. The van der Waals surface area contributed by atoms with Gasteiger partial charge in [-0.2, -0.15) is 4.99 Å². The van der Waals surface area contributed by atoms with E-state index >= 15 is 0 Å². The van der Waals surface area contributed by atoms with Crippen LogP contribution in [0.5, 0.6) is 11.5 Å². The molecule has 3 aromatic rings. The summed E-state index contributed by atoms with van der Waals surface area (Å²) in [6.07, 6.45) is 0.180. The van der Waals surface area contributed by atoms with E-state index in [0.29, 0.717) is 48.2 Å². The zero-order valence-electron chi connectivity index (χ0n) is 17.8. The van der Waals surface area contributed by atoms with Crippen molar-refractivity contribution >= 4 is 33.4 Å². The number of aromatic nitrogens is 1. The van der Waals surface area contributed by atoms with Crippen LogP contribution in [0.3, 0.4) is 0 Å². The zero-order valence-corrected chi connectivity index (χ0v) is 18.6. The lowest BCUT2D eigenvalue weighted by Crippen LogP contribution is -2.20. The molecule has 0 N–H and O–H groups in total. The van der Waals surface area contributed by atoms with Gasteiger partial charge in [-0.3, -0.25) is 9.59 Å². The van der Waals surface area contributed by atoms with Crippen LogP contribution in [0.2, 0.25) is 0 Å². The maximum Gasteiger partial charge on any atom is 0.307 e. The Bertz CT molecular complexity index is 1220. The molecule has 2 heterocycles. The Hall–Kier alpha value is -3.13. The summed E-state index contributed by atoms with van der Waals surface area (Å²) in [4.78, 5) is 29.8. The van der Waals surface area contributed by atoms with E-state index in [4.69, 9.17) is 14.2 Å². The van der Waals surface area contributed by atoms with Gasteiger partial charge in [0.1, 0.15) is 13.2 Å². The van der Waals surface area contributed by atoms with Crippen LogP contribution in [-0.4, -0.2) is 36.3 Å². The van der Waals surface area contributed by atoms with Gasteiger partial charge in [-0.25, -0.2) is 0 Å². The molecule has 1 amide bonds. The number of rotatable bonds is 5.